The first-order chi connectivity index (χ1) is 10.3. The topological polar surface area (TPSA) is 122 Å². The van der Waals surface area contributed by atoms with Crippen LogP contribution in [0.1, 0.15) is 32.6 Å². The van der Waals surface area contributed by atoms with E-state index in [4.69, 9.17) is 10.5 Å². The van der Waals surface area contributed by atoms with Gasteiger partial charge in [0.2, 0.25) is 11.4 Å². The fourth-order valence-corrected chi connectivity index (χ4v) is 4.04. The quantitative estimate of drug-likeness (QED) is 0.389. The third-order valence-corrected chi connectivity index (χ3v) is 5.59. The fraction of sp³-hybridized carbons (Fsp3) is 0.733. The Morgan fingerprint density at radius 1 is 1.55 bits per heavy atom. The molecule has 0 saturated carbocycles. The molecule has 0 unspecified atom stereocenters. The molecule has 2 saturated heterocycles. The van der Waals surface area contributed by atoms with Gasteiger partial charge in [-0.25, -0.2) is 4.79 Å². The Bertz CT molecular complexity index is 550. The molecular formula is C15H22N2O5. The highest BCUT2D eigenvalue weighted by Crippen LogP contribution is 2.54. The molecule has 0 aromatic carbocycles. The van der Waals surface area contributed by atoms with Gasteiger partial charge in [0.05, 0.1) is 6.10 Å². The molecule has 3 aliphatic rings. The zero-order valence-electron chi connectivity index (χ0n) is 12.5. The van der Waals surface area contributed by atoms with Gasteiger partial charge in [-0.05, 0) is 26.2 Å². The average molecular weight is 310 g/mol. The predicted molar refractivity (Wildman–Crippen MR) is 76.5 cm³/mol. The van der Waals surface area contributed by atoms with Gasteiger partial charge in [0.15, 0.2) is 5.60 Å². The summed E-state index contributed by atoms with van der Waals surface area (Å²) in [5, 5.41) is 22.6. The number of hydrogen-bond donors (Lipinski definition) is 4. The molecule has 22 heavy (non-hydrogen) atoms. The van der Waals surface area contributed by atoms with Crippen molar-refractivity contribution in [1.29, 1.82) is 0 Å². The first-order valence-electron chi connectivity index (χ1n) is 7.64. The minimum absolute atomic E-state index is 0.0441. The lowest BCUT2D eigenvalue weighted by Gasteiger charge is -2.56. The largest absolute Gasteiger partial charge is 0.452 e. The number of fused-ring (bicyclic) bond motifs is 1. The van der Waals surface area contributed by atoms with E-state index in [1.165, 1.54) is 0 Å². The van der Waals surface area contributed by atoms with Crippen LogP contribution in [0.25, 0.3) is 0 Å². The number of rotatable bonds is 4. The first-order valence-corrected chi connectivity index (χ1v) is 7.64. The summed E-state index contributed by atoms with van der Waals surface area (Å²) in [5.41, 5.74) is 1.71. The summed E-state index contributed by atoms with van der Waals surface area (Å²) < 4.78 is 5.26. The SMILES string of the molecule is C[C@@]12OC(=O)[C@]1([C@@H](O)[C@@H]1C=CCCC1)NC(=O)[C@]2(N)CCO. The summed E-state index contributed by atoms with van der Waals surface area (Å²) in [6.07, 6.45) is 5.28. The Labute approximate surface area is 128 Å². The van der Waals surface area contributed by atoms with E-state index in [9.17, 15) is 19.8 Å². The monoisotopic (exact) mass is 310 g/mol. The van der Waals surface area contributed by atoms with Crippen molar-refractivity contribution in [2.45, 2.75) is 55.4 Å². The van der Waals surface area contributed by atoms with E-state index in [0.717, 1.165) is 19.3 Å². The van der Waals surface area contributed by atoms with Gasteiger partial charge in [0.25, 0.3) is 0 Å². The van der Waals surface area contributed by atoms with E-state index in [1.807, 2.05) is 12.2 Å². The molecule has 0 radical (unpaired) electrons. The molecule has 0 spiro atoms. The molecule has 2 heterocycles. The standard InChI is InChI=1S/C15H22N2O5/c1-13-14(16,7-8-18)11(20)17-15(13,12(21)22-13)10(19)9-5-3-2-4-6-9/h3,5,9-10,18-19H,2,4,6-8,16H2,1H3,(H,17,20)/t9-,10+,13+,14-,15+/m1/s1. The fourth-order valence-electron chi connectivity index (χ4n) is 4.04. The van der Waals surface area contributed by atoms with Crippen LogP contribution >= 0.6 is 0 Å². The van der Waals surface area contributed by atoms with Crippen LogP contribution in [0.15, 0.2) is 12.2 Å². The molecule has 2 aliphatic heterocycles. The van der Waals surface area contributed by atoms with Gasteiger partial charge >= 0.3 is 5.97 Å². The molecular weight excluding hydrogens is 288 g/mol. The van der Waals surface area contributed by atoms with Crippen LogP contribution in [0.2, 0.25) is 0 Å². The van der Waals surface area contributed by atoms with Crippen LogP contribution < -0.4 is 11.1 Å². The lowest BCUT2D eigenvalue weighted by atomic mass is 9.62. The Hall–Kier alpha value is -1.44. The number of carbonyl (C=O) groups excluding carboxylic acids is 2. The van der Waals surface area contributed by atoms with Gasteiger partial charge in [-0.3, -0.25) is 4.79 Å². The Morgan fingerprint density at radius 2 is 2.27 bits per heavy atom. The molecule has 7 nitrogen and oxygen atoms in total. The van der Waals surface area contributed by atoms with E-state index < -0.39 is 34.7 Å². The maximum Gasteiger partial charge on any atom is 0.339 e. The molecule has 122 valence electrons. The van der Waals surface area contributed by atoms with Gasteiger partial charge in [0.1, 0.15) is 5.54 Å². The number of allylic oxidation sites excluding steroid dienone is 1. The van der Waals surface area contributed by atoms with Crippen molar-refractivity contribution in [3.63, 3.8) is 0 Å². The van der Waals surface area contributed by atoms with Crippen LogP contribution in [0.4, 0.5) is 0 Å². The Morgan fingerprint density at radius 3 is 2.82 bits per heavy atom. The van der Waals surface area contributed by atoms with Crippen molar-refractivity contribution < 1.29 is 24.5 Å². The first kappa shape index (κ1) is 15.5. The molecule has 1 amide bonds. The number of hydrogen-bond acceptors (Lipinski definition) is 6. The smallest absolute Gasteiger partial charge is 0.339 e. The average Bonchev–Trinajstić information content (AvgIpc) is 2.64. The number of nitrogens with one attached hydrogen (secondary N) is 1. The maximum atomic E-state index is 12.4. The molecule has 2 fully saturated rings. The van der Waals surface area contributed by atoms with Gasteiger partial charge < -0.3 is 26.0 Å². The van der Waals surface area contributed by atoms with Crippen molar-refractivity contribution in [2.75, 3.05) is 6.61 Å². The van der Waals surface area contributed by atoms with E-state index in [-0.39, 0.29) is 18.9 Å². The van der Waals surface area contributed by atoms with Crippen LogP contribution in [0.3, 0.4) is 0 Å². The third-order valence-electron chi connectivity index (χ3n) is 5.59. The second-order valence-electron chi connectivity index (χ2n) is 6.60. The Kier molecular flexibility index (Phi) is 3.36. The number of carbonyl (C=O) groups is 2. The van der Waals surface area contributed by atoms with Crippen LogP contribution in [0.5, 0.6) is 0 Å². The van der Waals surface area contributed by atoms with Crippen molar-refractivity contribution in [2.24, 2.45) is 11.7 Å². The highest BCUT2D eigenvalue weighted by molar-refractivity contribution is 6.05. The van der Waals surface area contributed by atoms with Crippen LogP contribution in [-0.2, 0) is 14.3 Å². The predicted octanol–water partition coefficient (Wildman–Crippen LogP) is -1.03. The van der Waals surface area contributed by atoms with Crippen LogP contribution in [0, 0.1) is 5.92 Å². The molecule has 3 rings (SSSR count). The zero-order valence-corrected chi connectivity index (χ0v) is 12.5. The zero-order chi connectivity index (χ0) is 16.2. The van der Waals surface area contributed by atoms with Gasteiger partial charge in [-0.1, -0.05) is 12.2 Å². The van der Waals surface area contributed by atoms with E-state index in [1.54, 1.807) is 6.92 Å². The minimum atomic E-state index is -1.55. The van der Waals surface area contributed by atoms with Crippen molar-refractivity contribution >= 4 is 11.9 Å². The van der Waals surface area contributed by atoms with Crippen molar-refractivity contribution in [3.05, 3.63) is 12.2 Å². The van der Waals surface area contributed by atoms with Gasteiger partial charge in [-0.15, -0.1) is 0 Å². The number of nitrogens with two attached hydrogens (primary N) is 1. The molecule has 5 atom stereocenters. The van der Waals surface area contributed by atoms with E-state index >= 15 is 0 Å². The number of esters is 1. The lowest BCUT2D eigenvalue weighted by molar-refractivity contribution is -0.241. The summed E-state index contributed by atoms with van der Waals surface area (Å²) in [7, 11) is 0. The highest BCUT2D eigenvalue weighted by atomic mass is 16.6. The highest BCUT2D eigenvalue weighted by Gasteiger charge is 2.84. The van der Waals surface area contributed by atoms with Gasteiger partial charge in [-0.2, -0.15) is 0 Å². The summed E-state index contributed by atoms with van der Waals surface area (Å²) in [4.78, 5) is 24.6. The normalized spacial score (nSPS) is 44.8. The number of ether oxygens (including phenoxy) is 1. The number of aliphatic hydroxyl groups is 2. The summed E-state index contributed by atoms with van der Waals surface area (Å²) in [5.74, 6) is -1.48. The summed E-state index contributed by atoms with van der Waals surface area (Å²) >= 11 is 0. The molecule has 5 N–H and O–H groups in total. The van der Waals surface area contributed by atoms with Crippen molar-refractivity contribution in [3.8, 4) is 0 Å². The maximum absolute atomic E-state index is 12.4. The van der Waals surface area contributed by atoms with Gasteiger partial charge in [0, 0.05) is 18.9 Å². The Balaban J connectivity index is 2.01. The molecule has 1 aliphatic carbocycles. The molecule has 0 aromatic rings. The van der Waals surface area contributed by atoms with E-state index in [0.29, 0.717) is 0 Å². The number of aliphatic hydroxyl groups excluding tert-OH is 2. The summed E-state index contributed by atoms with van der Waals surface area (Å²) in [6, 6.07) is 0. The lowest BCUT2D eigenvalue weighted by Crippen LogP contribution is -2.83. The minimum Gasteiger partial charge on any atom is -0.452 e. The van der Waals surface area contributed by atoms with Crippen molar-refractivity contribution in [1.82, 2.24) is 5.32 Å². The van der Waals surface area contributed by atoms with Crippen LogP contribution in [-0.4, -0.2) is 51.5 Å². The van der Waals surface area contributed by atoms with E-state index in [2.05, 4.69) is 5.32 Å². The molecule has 0 bridgehead atoms. The second kappa shape index (κ2) is 4.78. The summed E-state index contributed by atoms with van der Waals surface area (Å²) in [6.45, 7) is 1.24. The third kappa shape index (κ3) is 1.56. The molecule has 0 aromatic heterocycles. The second-order valence-corrected chi connectivity index (χ2v) is 6.60. The molecule has 7 heteroatoms. The number of amides is 1.